The van der Waals surface area contributed by atoms with E-state index in [1.165, 1.54) is 0 Å². The molecular weight excluding hydrogens is 499 g/mol. The average molecular weight is 519 g/mol. The normalized spacial score (nSPS) is 17.2. The SMILES string of the molecule is COc1cn(C2CCC2c2ccc3nccnc3c2)c(=O)cc1-c1cc(Cl)ccc1-n1cc(Cl)nn1. The molecule has 3 heterocycles. The zero-order chi connectivity index (χ0) is 24.8. The molecule has 36 heavy (non-hydrogen) atoms. The molecule has 2 unspecified atom stereocenters. The van der Waals surface area contributed by atoms with Crippen molar-refractivity contribution in [1.82, 2.24) is 29.5 Å². The van der Waals surface area contributed by atoms with Crippen LogP contribution in [0.15, 0.2) is 72.0 Å². The summed E-state index contributed by atoms with van der Waals surface area (Å²) in [4.78, 5) is 22.2. The summed E-state index contributed by atoms with van der Waals surface area (Å²) in [6, 6.07) is 13.1. The number of nitrogens with zero attached hydrogens (tertiary/aromatic N) is 6. The summed E-state index contributed by atoms with van der Waals surface area (Å²) in [6.07, 6.45) is 8.63. The van der Waals surface area contributed by atoms with Gasteiger partial charge >= 0.3 is 0 Å². The Morgan fingerprint density at radius 2 is 1.78 bits per heavy atom. The van der Waals surface area contributed by atoms with E-state index in [1.54, 1.807) is 65.4 Å². The highest BCUT2D eigenvalue weighted by Gasteiger charge is 2.35. The maximum absolute atomic E-state index is 13.4. The molecule has 3 aromatic heterocycles. The molecule has 0 spiro atoms. The van der Waals surface area contributed by atoms with Crippen LogP contribution in [-0.4, -0.2) is 36.6 Å². The van der Waals surface area contributed by atoms with Crippen LogP contribution < -0.4 is 10.3 Å². The average Bonchev–Trinajstić information content (AvgIpc) is 3.30. The fourth-order valence-electron chi connectivity index (χ4n) is 4.86. The lowest BCUT2D eigenvalue weighted by Crippen LogP contribution is -2.34. The lowest BCUT2D eigenvalue weighted by molar-refractivity contribution is 0.248. The minimum Gasteiger partial charge on any atom is -0.495 e. The summed E-state index contributed by atoms with van der Waals surface area (Å²) >= 11 is 12.3. The molecule has 1 aliphatic carbocycles. The number of benzene rings is 2. The number of aromatic nitrogens is 6. The monoisotopic (exact) mass is 518 g/mol. The fourth-order valence-corrected chi connectivity index (χ4v) is 5.16. The van der Waals surface area contributed by atoms with Gasteiger partial charge in [-0.15, -0.1) is 5.10 Å². The van der Waals surface area contributed by atoms with E-state index in [4.69, 9.17) is 27.9 Å². The van der Waals surface area contributed by atoms with E-state index in [1.807, 2.05) is 6.07 Å². The van der Waals surface area contributed by atoms with Crippen LogP contribution >= 0.6 is 23.2 Å². The van der Waals surface area contributed by atoms with Crippen LogP contribution in [0.5, 0.6) is 5.75 Å². The van der Waals surface area contributed by atoms with E-state index in [0.29, 0.717) is 27.6 Å². The molecule has 2 atom stereocenters. The smallest absolute Gasteiger partial charge is 0.251 e. The summed E-state index contributed by atoms with van der Waals surface area (Å²) < 4.78 is 9.07. The molecule has 0 amide bonds. The number of pyridine rings is 1. The number of hydrogen-bond acceptors (Lipinski definition) is 6. The van der Waals surface area contributed by atoms with Gasteiger partial charge in [-0.2, -0.15) is 0 Å². The minimum absolute atomic E-state index is 0.0162. The van der Waals surface area contributed by atoms with E-state index in [0.717, 1.165) is 29.4 Å². The second kappa shape index (κ2) is 9.04. The summed E-state index contributed by atoms with van der Waals surface area (Å²) in [5, 5.41) is 8.71. The lowest BCUT2D eigenvalue weighted by atomic mass is 9.74. The number of ether oxygens (including phenoxy) is 1. The molecular formula is C26H20Cl2N6O2. The molecule has 1 saturated carbocycles. The number of rotatable bonds is 5. The highest BCUT2D eigenvalue weighted by molar-refractivity contribution is 6.31. The van der Waals surface area contributed by atoms with Crippen LogP contribution in [-0.2, 0) is 0 Å². The van der Waals surface area contributed by atoms with Gasteiger partial charge in [0, 0.05) is 46.6 Å². The van der Waals surface area contributed by atoms with Crippen molar-refractivity contribution in [2.75, 3.05) is 7.11 Å². The zero-order valence-electron chi connectivity index (χ0n) is 19.2. The van der Waals surface area contributed by atoms with Crippen LogP contribution in [0, 0.1) is 0 Å². The Kier molecular flexibility index (Phi) is 5.70. The maximum atomic E-state index is 13.4. The van der Waals surface area contributed by atoms with Gasteiger partial charge in [0.25, 0.3) is 5.56 Å². The van der Waals surface area contributed by atoms with Crippen molar-refractivity contribution in [2.45, 2.75) is 24.8 Å². The van der Waals surface area contributed by atoms with Gasteiger partial charge < -0.3 is 9.30 Å². The molecule has 6 rings (SSSR count). The molecule has 2 aromatic carbocycles. The second-order valence-electron chi connectivity index (χ2n) is 8.70. The van der Waals surface area contributed by atoms with Gasteiger partial charge in [-0.1, -0.05) is 34.5 Å². The fraction of sp³-hybridized carbons (Fsp3) is 0.192. The van der Waals surface area contributed by atoms with Gasteiger partial charge in [0.1, 0.15) is 5.75 Å². The van der Waals surface area contributed by atoms with Crippen LogP contribution in [0.2, 0.25) is 10.2 Å². The Labute approximate surface area is 216 Å². The maximum Gasteiger partial charge on any atom is 0.251 e. The zero-order valence-corrected chi connectivity index (χ0v) is 20.7. The van der Waals surface area contributed by atoms with Gasteiger partial charge in [-0.3, -0.25) is 14.8 Å². The van der Waals surface area contributed by atoms with E-state index >= 15 is 0 Å². The topological polar surface area (TPSA) is 87.7 Å². The van der Waals surface area contributed by atoms with Gasteiger partial charge in [0.2, 0.25) is 0 Å². The van der Waals surface area contributed by atoms with Crippen molar-refractivity contribution < 1.29 is 4.74 Å². The first-order valence-electron chi connectivity index (χ1n) is 11.4. The van der Waals surface area contributed by atoms with Crippen molar-refractivity contribution in [3.63, 3.8) is 0 Å². The summed E-state index contributed by atoms with van der Waals surface area (Å²) in [5.41, 5.74) is 4.70. The van der Waals surface area contributed by atoms with Gasteiger partial charge in [-0.05, 0) is 48.7 Å². The molecule has 1 aliphatic rings. The van der Waals surface area contributed by atoms with Crippen molar-refractivity contribution in [1.29, 1.82) is 0 Å². The Morgan fingerprint density at radius 1 is 0.944 bits per heavy atom. The first-order valence-corrected chi connectivity index (χ1v) is 12.2. The third-order valence-corrected chi connectivity index (χ3v) is 7.15. The van der Waals surface area contributed by atoms with Crippen molar-refractivity contribution in [3.05, 3.63) is 93.3 Å². The van der Waals surface area contributed by atoms with E-state index in [-0.39, 0.29) is 22.7 Å². The van der Waals surface area contributed by atoms with Crippen molar-refractivity contribution in [2.24, 2.45) is 0 Å². The van der Waals surface area contributed by atoms with Crippen LogP contribution in [0.25, 0.3) is 27.8 Å². The van der Waals surface area contributed by atoms with Crippen molar-refractivity contribution >= 4 is 34.2 Å². The summed E-state index contributed by atoms with van der Waals surface area (Å²) in [7, 11) is 1.59. The minimum atomic E-state index is -0.122. The first kappa shape index (κ1) is 22.7. The molecule has 5 aromatic rings. The molecule has 0 aliphatic heterocycles. The Bertz CT molecular complexity index is 1660. The van der Waals surface area contributed by atoms with E-state index in [9.17, 15) is 4.79 Å². The second-order valence-corrected chi connectivity index (χ2v) is 9.53. The molecule has 8 nitrogen and oxygen atoms in total. The van der Waals surface area contributed by atoms with E-state index in [2.05, 4.69) is 32.4 Å². The third-order valence-electron chi connectivity index (χ3n) is 6.74. The number of methoxy groups -OCH3 is 1. The van der Waals surface area contributed by atoms with Crippen LogP contribution in [0.3, 0.4) is 0 Å². The number of hydrogen-bond donors (Lipinski definition) is 0. The molecule has 0 saturated heterocycles. The van der Waals surface area contributed by atoms with Crippen LogP contribution in [0.4, 0.5) is 0 Å². The summed E-state index contributed by atoms with van der Waals surface area (Å²) in [5.74, 6) is 0.753. The Balaban J connectivity index is 1.41. The molecule has 180 valence electrons. The predicted octanol–water partition coefficient (Wildman–Crippen LogP) is 5.47. The third kappa shape index (κ3) is 3.92. The number of halogens is 2. The quantitative estimate of drug-likeness (QED) is 0.306. The molecule has 1 fully saturated rings. The van der Waals surface area contributed by atoms with Crippen LogP contribution in [0.1, 0.15) is 30.4 Å². The van der Waals surface area contributed by atoms with Crippen molar-refractivity contribution in [3.8, 4) is 22.6 Å². The lowest BCUT2D eigenvalue weighted by Gasteiger charge is -2.38. The molecule has 0 bridgehead atoms. The standard InChI is InChI=1S/C26H20Cl2N6O2/c1-36-24-13-33(22-7-4-17(22)15-2-5-20-21(10-15)30-9-8-29-20)26(35)12-19(24)18-11-16(27)3-6-23(18)34-14-25(28)31-32-34/h2-3,5-6,8-14,17,22H,4,7H2,1H3. The highest BCUT2D eigenvalue weighted by Crippen LogP contribution is 2.46. The number of fused-ring (bicyclic) bond motifs is 1. The largest absolute Gasteiger partial charge is 0.495 e. The summed E-state index contributed by atoms with van der Waals surface area (Å²) in [6.45, 7) is 0. The molecule has 0 radical (unpaired) electrons. The van der Waals surface area contributed by atoms with Gasteiger partial charge in [-0.25, -0.2) is 4.68 Å². The highest BCUT2D eigenvalue weighted by atomic mass is 35.5. The van der Waals surface area contributed by atoms with E-state index < -0.39 is 0 Å². The predicted molar refractivity (Wildman–Crippen MR) is 138 cm³/mol. The van der Waals surface area contributed by atoms with Gasteiger partial charge in [0.05, 0.1) is 36.2 Å². The van der Waals surface area contributed by atoms with Gasteiger partial charge in [0.15, 0.2) is 5.15 Å². The Morgan fingerprint density at radius 3 is 2.50 bits per heavy atom. The first-order chi connectivity index (χ1) is 17.5. The Hall–Kier alpha value is -3.75. The molecule has 10 heteroatoms. The molecule has 0 N–H and O–H groups in total.